The predicted octanol–water partition coefficient (Wildman–Crippen LogP) is 4.47. The van der Waals surface area contributed by atoms with Crippen molar-refractivity contribution in [2.45, 2.75) is 83.3 Å². The van der Waals surface area contributed by atoms with Gasteiger partial charge in [0.2, 0.25) is 11.8 Å². The SMILES string of the molecule is CC[C@H](C)Cc1ncc2c(OC3CCN(c4ncccn4)CC3)ncc(C3CCC(O)CC3)c2n1. The minimum Gasteiger partial charge on any atom is -0.474 e. The van der Waals surface area contributed by atoms with Crippen molar-refractivity contribution in [3.8, 4) is 5.88 Å². The van der Waals surface area contributed by atoms with E-state index < -0.39 is 0 Å². The van der Waals surface area contributed by atoms with Crippen LogP contribution in [0.2, 0.25) is 0 Å². The van der Waals surface area contributed by atoms with Crippen LogP contribution < -0.4 is 9.64 Å². The van der Waals surface area contributed by atoms with Gasteiger partial charge in [-0.3, -0.25) is 0 Å². The molecule has 0 radical (unpaired) electrons. The van der Waals surface area contributed by atoms with Crippen molar-refractivity contribution in [2.24, 2.45) is 5.92 Å². The molecule has 2 fully saturated rings. The zero-order valence-corrected chi connectivity index (χ0v) is 20.8. The maximum Gasteiger partial charge on any atom is 0.225 e. The second-order valence-corrected chi connectivity index (χ2v) is 10.1. The molecule has 4 heterocycles. The Labute approximate surface area is 207 Å². The minimum atomic E-state index is -0.184. The third kappa shape index (κ3) is 5.53. The first-order valence-corrected chi connectivity index (χ1v) is 13.1. The van der Waals surface area contributed by atoms with E-state index in [0.29, 0.717) is 17.7 Å². The summed E-state index contributed by atoms with van der Waals surface area (Å²) in [4.78, 5) is 25.5. The van der Waals surface area contributed by atoms with E-state index in [1.54, 1.807) is 12.4 Å². The topological polar surface area (TPSA) is 97.2 Å². The van der Waals surface area contributed by atoms with E-state index in [-0.39, 0.29) is 12.2 Å². The number of aliphatic hydroxyl groups excluding tert-OH is 1. The maximum atomic E-state index is 10.0. The molecular formula is C27H36N6O2. The molecule has 1 aliphatic heterocycles. The highest BCUT2D eigenvalue weighted by molar-refractivity contribution is 5.85. The zero-order valence-electron chi connectivity index (χ0n) is 20.8. The normalized spacial score (nSPS) is 22.3. The van der Waals surface area contributed by atoms with Gasteiger partial charge in [0.05, 0.1) is 17.0 Å². The van der Waals surface area contributed by atoms with E-state index >= 15 is 0 Å². The van der Waals surface area contributed by atoms with Crippen LogP contribution >= 0.6 is 0 Å². The number of ether oxygens (including phenoxy) is 1. The van der Waals surface area contributed by atoms with Gasteiger partial charge < -0.3 is 14.7 Å². The number of aromatic nitrogens is 5. The van der Waals surface area contributed by atoms with Gasteiger partial charge in [-0.25, -0.2) is 24.9 Å². The number of hydrogen-bond donors (Lipinski definition) is 1. The maximum absolute atomic E-state index is 10.0. The highest BCUT2D eigenvalue weighted by Crippen LogP contribution is 2.38. The van der Waals surface area contributed by atoms with Crippen LogP contribution in [0.5, 0.6) is 5.88 Å². The number of anilines is 1. The van der Waals surface area contributed by atoms with Crippen LogP contribution in [0, 0.1) is 5.92 Å². The number of piperidine rings is 1. The van der Waals surface area contributed by atoms with Gasteiger partial charge in [0.25, 0.3) is 0 Å². The lowest BCUT2D eigenvalue weighted by molar-refractivity contribution is 0.122. The van der Waals surface area contributed by atoms with Crippen molar-refractivity contribution >= 4 is 16.9 Å². The summed E-state index contributed by atoms with van der Waals surface area (Å²) in [5.74, 6) is 3.19. The fourth-order valence-corrected chi connectivity index (χ4v) is 5.17. The minimum absolute atomic E-state index is 0.0844. The summed E-state index contributed by atoms with van der Waals surface area (Å²) >= 11 is 0. The van der Waals surface area contributed by atoms with Gasteiger partial charge >= 0.3 is 0 Å². The summed E-state index contributed by atoms with van der Waals surface area (Å²) < 4.78 is 6.46. The quantitative estimate of drug-likeness (QED) is 0.533. The number of rotatable bonds is 7. The van der Waals surface area contributed by atoms with E-state index in [1.807, 2.05) is 18.5 Å². The van der Waals surface area contributed by atoms with Gasteiger partial charge in [0, 0.05) is 62.7 Å². The summed E-state index contributed by atoms with van der Waals surface area (Å²) in [6.07, 6.45) is 14.7. The van der Waals surface area contributed by atoms with Crippen LogP contribution in [0.4, 0.5) is 5.95 Å². The summed E-state index contributed by atoms with van der Waals surface area (Å²) in [6, 6.07) is 1.84. The smallest absolute Gasteiger partial charge is 0.225 e. The molecule has 1 saturated heterocycles. The molecule has 0 aromatic carbocycles. The van der Waals surface area contributed by atoms with Gasteiger partial charge in [-0.2, -0.15) is 0 Å². The largest absolute Gasteiger partial charge is 0.474 e. The average molecular weight is 477 g/mol. The highest BCUT2D eigenvalue weighted by Gasteiger charge is 2.27. The van der Waals surface area contributed by atoms with Crippen LogP contribution in [-0.2, 0) is 6.42 Å². The van der Waals surface area contributed by atoms with E-state index in [0.717, 1.165) is 87.1 Å². The van der Waals surface area contributed by atoms with Crippen molar-refractivity contribution in [3.05, 3.63) is 42.2 Å². The molecule has 0 unspecified atom stereocenters. The van der Waals surface area contributed by atoms with Crippen LogP contribution in [0.15, 0.2) is 30.9 Å². The summed E-state index contributed by atoms with van der Waals surface area (Å²) in [5.41, 5.74) is 2.14. The van der Waals surface area contributed by atoms with Gasteiger partial charge in [0.15, 0.2) is 0 Å². The molecule has 0 amide bonds. The molecule has 186 valence electrons. The Hall–Kier alpha value is -2.87. The fraction of sp³-hybridized carbons (Fsp3) is 0.593. The number of nitrogens with zero attached hydrogens (tertiary/aromatic N) is 6. The van der Waals surface area contributed by atoms with Crippen molar-refractivity contribution in [2.75, 3.05) is 18.0 Å². The first-order valence-electron chi connectivity index (χ1n) is 13.1. The molecule has 8 nitrogen and oxygen atoms in total. The lowest BCUT2D eigenvalue weighted by Crippen LogP contribution is -2.39. The third-order valence-electron chi connectivity index (χ3n) is 7.58. The molecule has 3 aromatic heterocycles. The zero-order chi connectivity index (χ0) is 24.2. The summed E-state index contributed by atoms with van der Waals surface area (Å²) in [5, 5.41) is 10.9. The fourth-order valence-electron chi connectivity index (χ4n) is 5.17. The lowest BCUT2D eigenvalue weighted by atomic mass is 9.82. The summed E-state index contributed by atoms with van der Waals surface area (Å²) in [7, 11) is 0. The second-order valence-electron chi connectivity index (χ2n) is 10.1. The molecule has 1 N–H and O–H groups in total. The highest BCUT2D eigenvalue weighted by atomic mass is 16.5. The van der Waals surface area contributed by atoms with Gasteiger partial charge in [-0.15, -0.1) is 0 Å². The molecule has 0 spiro atoms. The standard InChI is InChI=1S/C27H36N6O2/c1-3-18(2)15-24-30-17-23-25(32-24)22(19-5-7-20(34)8-6-19)16-31-26(23)35-21-9-13-33(14-10-21)27-28-11-4-12-29-27/h4,11-12,16-21,34H,3,5-10,13-15H2,1-2H3/t18-,19?,20?/m0/s1. The van der Waals surface area contributed by atoms with Crippen molar-refractivity contribution in [1.29, 1.82) is 0 Å². The number of pyridine rings is 1. The molecule has 1 atom stereocenters. The molecule has 1 saturated carbocycles. The Morgan fingerprint density at radius 3 is 2.46 bits per heavy atom. The van der Waals surface area contributed by atoms with E-state index in [2.05, 4.69) is 28.7 Å². The number of fused-ring (bicyclic) bond motifs is 1. The van der Waals surface area contributed by atoms with Gasteiger partial charge in [-0.05, 0) is 43.6 Å². The van der Waals surface area contributed by atoms with Crippen LogP contribution in [0.25, 0.3) is 10.9 Å². The van der Waals surface area contributed by atoms with Crippen LogP contribution in [0.1, 0.15) is 76.1 Å². The molecule has 8 heteroatoms. The predicted molar refractivity (Wildman–Crippen MR) is 136 cm³/mol. The molecule has 3 aromatic rings. The van der Waals surface area contributed by atoms with E-state index in [1.165, 1.54) is 5.56 Å². The van der Waals surface area contributed by atoms with E-state index in [9.17, 15) is 5.11 Å². The Kier molecular flexibility index (Phi) is 7.37. The van der Waals surface area contributed by atoms with Crippen LogP contribution in [-0.4, -0.2) is 55.3 Å². The Balaban J connectivity index is 1.38. The second kappa shape index (κ2) is 10.8. The van der Waals surface area contributed by atoms with Crippen molar-refractivity contribution in [1.82, 2.24) is 24.9 Å². The number of aliphatic hydroxyl groups is 1. The Morgan fingerprint density at radius 1 is 1.00 bits per heavy atom. The average Bonchev–Trinajstić information content (AvgIpc) is 2.90. The van der Waals surface area contributed by atoms with Crippen molar-refractivity contribution < 1.29 is 9.84 Å². The first kappa shape index (κ1) is 23.9. The van der Waals surface area contributed by atoms with E-state index in [4.69, 9.17) is 19.7 Å². The molecular weight excluding hydrogens is 440 g/mol. The van der Waals surface area contributed by atoms with Gasteiger partial charge in [-0.1, -0.05) is 20.3 Å². The van der Waals surface area contributed by atoms with Crippen molar-refractivity contribution in [3.63, 3.8) is 0 Å². The Morgan fingerprint density at radius 2 is 1.74 bits per heavy atom. The number of hydrogen-bond acceptors (Lipinski definition) is 8. The molecule has 35 heavy (non-hydrogen) atoms. The lowest BCUT2D eigenvalue weighted by Gasteiger charge is -2.32. The Bertz CT molecular complexity index is 1110. The van der Waals surface area contributed by atoms with Crippen LogP contribution in [0.3, 0.4) is 0 Å². The van der Waals surface area contributed by atoms with Gasteiger partial charge in [0.1, 0.15) is 11.9 Å². The molecule has 2 aliphatic rings. The third-order valence-corrected chi connectivity index (χ3v) is 7.58. The monoisotopic (exact) mass is 476 g/mol. The molecule has 0 bridgehead atoms. The molecule has 1 aliphatic carbocycles. The first-order chi connectivity index (χ1) is 17.1. The summed E-state index contributed by atoms with van der Waals surface area (Å²) in [6.45, 7) is 6.15. The molecule has 5 rings (SSSR count).